The van der Waals surface area contributed by atoms with Crippen LogP contribution >= 0.6 is 23.1 Å². The van der Waals surface area contributed by atoms with Crippen molar-refractivity contribution < 1.29 is 19.6 Å². The summed E-state index contributed by atoms with van der Waals surface area (Å²) >= 11 is 2.48. The number of anilines is 1. The van der Waals surface area contributed by atoms with Crippen LogP contribution in [0.3, 0.4) is 0 Å². The summed E-state index contributed by atoms with van der Waals surface area (Å²) in [6.45, 7) is 1.95. The van der Waals surface area contributed by atoms with E-state index in [1.54, 1.807) is 36.4 Å². The van der Waals surface area contributed by atoms with E-state index in [4.69, 9.17) is 0 Å². The molecule has 0 fully saturated rings. The quantitative estimate of drug-likeness (QED) is 0.214. The Balaban J connectivity index is 1.76. The number of aromatic nitrogens is 1. The van der Waals surface area contributed by atoms with Crippen LogP contribution in [0, 0.1) is 16.0 Å². The number of thiazole rings is 1. The highest BCUT2D eigenvalue weighted by Crippen LogP contribution is 2.35. The minimum atomic E-state index is -1.26. The summed E-state index contributed by atoms with van der Waals surface area (Å²) in [6.07, 6.45) is 1.37. The van der Waals surface area contributed by atoms with Gasteiger partial charge in [0.05, 0.1) is 15.1 Å². The van der Waals surface area contributed by atoms with Gasteiger partial charge in [0.1, 0.15) is 5.92 Å². The molecule has 30 heavy (non-hydrogen) atoms. The molecule has 3 rings (SSSR count). The lowest BCUT2D eigenvalue weighted by molar-refractivity contribution is -0.385. The number of aliphatic carboxylic acids is 1. The average molecular weight is 446 g/mol. The Labute approximate surface area is 180 Å². The second-order valence-electron chi connectivity index (χ2n) is 6.49. The van der Waals surface area contributed by atoms with Gasteiger partial charge in [0, 0.05) is 23.1 Å². The number of aryl methyl sites for hydroxylation is 1. The third-order valence-corrected chi connectivity index (χ3v) is 6.57. The van der Waals surface area contributed by atoms with Gasteiger partial charge in [-0.2, -0.15) is 0 Å². The molecule has 0 bridgehead atoms. The van der Waals surface area contributed by atoms with Crippen molar-refractivity contribution in [2.75, 3.05) is 11.1 Å². The molecular weight excluding hydrogens is 426 g/mol. The number of carbonyl (C=O) groups excluding carboxylic acids is 1. The highest BCUT2D eigenvalue weighted by molar-refractivity contribution is 8.01. The molecule has 1 atom stereocenters. The van der Waals surface area contributed by atoms with Crippen molar-refractivity contribution >= 4 is 56.6 Å². The lowest BCUT2D eigenvalue weighted by Gasteiger charge is -2.11. The van der Waals surface area contributed by atoms with E-state index in [2.05, 4.69) is 10.3 Å². The lowest BCUT2D eigenvalue weighted by Crippen LogP contribution is -2.31. The Bertz CT molecular complexity index is 1080. The third-order valence-electron chi connectivity index (χ3n) is 4.31. The smallest absolute Gasteiger partial charge is 0.316 e. The molecule has 10 heteroatoms. The normalized spacial score (nSPS) is 11.9. The van der Waals surface area contributed by atoms with Gasteiger partial charge >= 0.3 is 5.97 Å². The van der Waals surface area contributed by atoms with Crippen molar-refractivity contribution in [1.29, 1.82) is 0 Å². The number of nitrogens with zero attached hydrogens (tertiary/aromatic N) is 2. The molecule has 0 spiro atoms. The fraction of sp³-hybridized carbons (Fsp3) is 0.250. The van der Waals surface area contributed by atoms with Crippen molar-refractivity contribution in [1.82, 2.24) is 4.98 Å². The van der Waals surface area contributed by atoms with Crippen LogP contribution in [0.25, 0.3) is 10.2 Å². The number of hydrogen-bond acceptors (Lipinski definition) is 7. The molecule has 0 aliphatic rings. The zero-order valence-electron chi connectivity index (χ0n) is 16.0. The van der Waals surface area contributed by atoms with Gasteiger partial charge in [0.15, 0.2) is 4.34 Å². The Kier molecular flexibility index (Phi) is 7.01. The molecule has 1 aromatic heterocycles. The average Bonchev–Trinajstić information content (AvgIpc) is 3.10. The van der Waals surface area contributed by atoms with E-state index < -0.39 is 22.7 Å². The zero-order chi connectivity index (χ0) is 21.7. The minimum Gasteiger partial charge on any atom is -0.481 e. The number of carbonyl (C=O) groups is 2. The predicted octanol–water partition coefficient (Wildman–Crippen LogP) is 4.59. The first-order chi connectivity index (χ1) is 14.4. The van der Waals surface area contributed by atoms with Crippen LogP contribution < -0.4 is 5.32 Å². The predicted molar refractivity (Wildman–Crippen MR) is 117 cm³/mol. The number of hydrogen-bond donors (Lipinski definition) is 2. The number of benzene rings is 2. The fourth-order valence-corrected chi connectivity index (χ4v) is 5.07. The van der Waals surface area contributed by atoms with Crippen LogP contribution in [0.2, 0.25) is 0 Å². The topological polar surface area (TPSA) is 122 Å². The first kappa shape index (κ1) is 21.7. The Hall–Kier alpha value is -2.98. The van der Waals surface area contributed by atoms with Gasteiger partial charge in [0.25, 0.3) is 5.69 Å². The van der Waals surface area contributed by atoms with E-state index >= 15 is 0 Å². The number of nitro benzene ring substituents is 1. The van der Waals surface area contributed by atoms with Gasteiger partial charge in [-0.3, -0.25) is 19.7 Å². The van der Waals surface area contributed by atoms with Crippen molar-refractivity contribution in [3.63, 3.8) is 0 Å². The van der Waals surface area contributed by atoms with E-state index in [1.165, 1.54) is 17.4 Å². The highest BCUT2D eigenvalue weighted by Gasteiger charge is 2.27. The first-order valence-corrected chi connectivity index (χ1v) is 11.0. The number of fused-ring (bicyclic) bond motifs is 1. The number of para-hydroxylation sites is 1. The molecule has 0 aliphatic heterocycles. The Morgan fingerprint density at radius 3 is 2.67 bits per heavy atom. The van der Waals surface area contributed by atoms with E-state index in [9.17, 15) is 24.8 Å². The molecule has 0 aliphatic carbocycles. The number of nitrogens with one attached hydrogen (secondary N) is 1. The summed E-state index contributed by atoms with van der Waals surface area (Å²) < 4.78 is 1.36. The standard InChI is InChI=1S/C20H19N3O5S2/c1-2-6-12-9-17-15(10-16(12)23(27)28)22-20(30-17)29-11-14(19(25)26)18(24)21-13-7-4-3-5-8-13/h3-5,7-10,14H,2,6,11H2,1H3,(H,21,24)(H,25,26). The molecule has 0 saturated heterocycles. The van der Waals surface area contributed by atoms with Gasteiger partial charge in [-0.05, 0) is 24.6 Å². The van der Waals surface area contributed by atoms with E-state index in [0.717, 1.165) is 22.9 Å². The van der Waals surface area contributed by atoms with Crippen LogP contribution in [0.4, 0.5) is 11.4 Å². The fourth-order valence-electron chi connectivity index (χ4n) is 2.85. The van der Waals surface area contributed by atoms with Crippen molar-refractivity contribution in [3.05, 3.63) is 58.1 Å². The van der Waals surface area contributed by atoms with Crippen LogP contribution in [-0.4, -0.2) is 32.6 Å². The maximum Gasteiger partial charge on any atom is 0.316 e. The second-order valence-corrected chi connectivity index (χ2v) is 8.79. The largest absolute Gasteiger partial charge is 0.481 e. The lowest BCUT2D eigenvalue weighted by atomic mass is 10.1. The van der Waals surface area contributed by atoms with Crippen LogP contribution in [0.1, 0.15) is 18.9 Å². The summed E-state index contributed by atoms with van der Waals surface area (Å²) in [5, 5.41) is 23.4. The Morgan fingerprint density at radius 1 is 1.30 bits per heavy atom. The van der Waals surface area contributed by atoms with E-state index in [1.807, 2.05) is 6.92 Å². The molecule has 156 valence electrons. The molecule has 2 N–H and O–H groups in total. The van der Waals surface area contributed by atoms with Crippen molar-refractivity contribution in [3.8, 4) is 0 Å². The maximum atomic E-state index is 12.4. The molecule has 0 radical (unpaired) electrons. The highest BCUT2D eigenvalue weighted by atomic mass is 32.2. The number of rotatable bonds is 9. The summed E-state index contributed by atoms with van der Waals surface area (Å²) in [5.41, 5.74) is 1.71. The number of thioether (sulfide) groups is 1. The monoisotopic (exact) mass is 445 g/mol. The number of carboxylic acids is 1. The molecule has 1 heterocycles. The molecular formula is C20H19N3O5S2. The van der Waals surface area contributed by atoms with Crippen LogP contribution in [0.15, 0.2) is 46.8 Å². The van der Waals surface area contributed by atoms with Crippen molar-refractivity contribution in [2.45, 2.75) is 24.1 Å². The first-order valence-electron chi connectivity index (χ1n) is 9.18. The summed E-state index contributed by atoms with van der Waals surface area (Å²) in [6, 6.07) is 11.9. The molecule has 1 amide bonds. The third kappa shape index (κ3) is 5.14. The molecule has 1 unspecified atom stereocenters. The second kappa shape index (κ2) is 9.68. The number of nitro groups is 1. The SMILES string of the molecule is CCCc1cc2sc(SCC(C(=O)O)C(=O)Nc3ccccc3)nc2cc1[N+](=O)[O-]. The van der Waals surface area contributed by atoms with Gasteiger partial charge in [0.2, 0.25) is 5.91 Å². The minimum absolute atomic E-state index is 0.00225. The van der Waals surface area contributed by atoms with Gasteiger partial charge < -0.3 is 10.4 Å². The zero-order valence-corrected chi connectivity index (χ0v) is 17.7. The van der Waals surface area contributed by atoms with E-state index in [0.29, 0.717) is 27.5 Å². The van der Waals surface area contributed by atoms with Gasteiger partial charge in [-0.1, -0.05) is 43.3 Å². The van der Waals surface area contributed by atoms with Crippen LogP contribution in [0.5, 0.6) is 0 Å². The molecule has 3 aromatic rings. The molecule has 2 aromatic carbocycles. The van der Waals surface area contributed by atoms with Gasteiger partial charge in [-0.15, -0.1) is 11.3 Å². The maximum absolute atomic E-state index is 12.4. The molecule has 8 nitrogen and oxygen atoms in total. The molecule has 0 saturated carbocycles. The summed E-state index contributed by atoms with van der Waals surface area (Å²) in [5.74, 6) is -3.09. The van der Waals surface area contributed by atoms with Crippen LogP contribution in [-0.2, 0) is 16.0 Å². The Morgan fingerprint density at radius 2 is 2.03 bits per heavy atom. The van der Waals surface area contributed by atoms with Crippen molar-refractivity contribution in [2.24, 2.45) is 5.92 Å². The summed E-state index contributed by atoms with van der Waals surface area (Å²) in [4.78, 5) is 39.3. The van der Waals surface area contributed by atoms with E-state index in [-0.39, 0.29) is 11.4 Å². The number of amides is 1. The number of carboxylic acid groups (broad SMARTS) is 1. The summed E-state index contributed by atoms with van der Waals surface area (Å²) in [7, 11) is 0. The van der Waals surface area contributed by atoms with Gasteiger partial charge in [-0.25, -0.2) is 4.98 Å².